The Bertz CT molecular complexity index is 1380. The second-order valence-electron chi connectivity index (χ2n) is 6.84. The molecule has 31 heavy (non-hydrogen) atoms. The number of nitrogens with one attached hydrogen (secondary N) is 1. The number of halogens is 3. The van der Waals surface area contributed by atoms with Gasteiger partial charge < -0.3 is 15.0 Å². The van der Waals surface area contributed by atoms with Gasteiger partial charge in [-0.05, 0) is 30.3 Å². The van der Waals surface area contributed by atoms with Crippen molar-refractivity contribution in [1.82, 2.24) is 4.57 Å². The highest BCUT2D eigenvalue weighted by Gasteiger charge is 2.31. The maximum absolute atomic E-state index is 13.1. The highest BCUT2D eigenvalue weighted by Crippen LogP contribution is 2.29. The molecule has 2 aromatic carbocycles. The van der Waals surface area contributed by atoms with Gasteiger partial charge >= 0.3 is 6.36 Å². The first kappa shape index (κ1) is 19.4. The predicted molar refractivity (Wildman–Crippen MR) is 107 cm³/mol. The Morgan fingerprint density at radius 2 is 1.81 bits per heavy atom. The Morgan fingerprint density at radius 3 is 2.55 bits per heavy atom. The summed E-state index contributed by atoms with van der Waals surface area (Å²) in [7, 11) is 0. The number of nitrogens with zero attached hydrogens (tertiary/aromatic N) is 3. The van der Waals surface area contributed by atoms with E-state index in [9.17, 15) is 22.8 Å². The number of ether oxygens (including phenoxy) is 1. The fraction of sp³-hybridized carbons (Fsp3) is 0.150. The average molecular weight is 446 g/mol. The first-order valence-corrected chi connectivity index (χ1v) is 9.92. The number of alkyl halides is 3. The third kappa shape index (κ3) is 3.46. The van der Waals surface area contributed by atoms with Crippen molar-refractivity contribution < 1.29 is 22.7 Å². The van der Waals surface area contributed by atoms with Gasteiger partial charge in [-0.2, -0.15) is 0 Å². The molecular formula is C20H13F3N4O3S. The number of hydrogen-bond donors (Lipinski definition) is 1. The van der Waals surface area contributed by atoms with Crippen LogP contribution in [0.2, 0.25) is 0 Å². The molecule has 0 radical (unpaired) electrons. The molecule has 158 valence electrons. The number of carbonyl (C=O) groups excluding carboxylic acids is 1. The predicted octanol–water partition coefficient (Wildman–Crippen LogP) is 2.01. The summed E-state index contributed by atoms with van der Waals surface area (Å²) in [6.07, 6.45) is -4.76. The lowest BCUT2D eigenvalue weighted by Gasteiger charge is -2.25. The zero-order valence-electron chi connectivity index (χ0n) is 15.6. The molecule has 0 unspecified atom stereocenters. The Balaban J connectivity index is 1.50. The van der Waals surface area contributed by atoms with E-state index < -0.39 is 6.36 Å². The quantitative estimate of drug-likeness (QED) is 0.654. The SMILES string of the molecule is O=C1Nc2ccccc2C1=c1sc2n(c1=O)CN(c1ccc(OC(F)(F)F)cc1)CN=2. The van der Waals surface area contributed by atoms with Crippen molar-refractivity contribution in [3.8, 4) is 5.75 Å². The van der Waals surface area contributed by atoms with Gasteiger partial charge in [0.1, 0.15) is 23.6 Å². The first-order chi connectivity index (χ1) is 14.8. The molecule has 0 saturated carbocycles. The number of benzene rings is 2. The van der Waals surface area contributed by atoms with Crippen LogP contribution in [-0.4, -0.2) is 23.5 Å². The molecule has 3 aromatic rings. The summed E-state index contributed by atoms with van der Waals surface area (Å²) in [5.41, 5.74) is 1.88. The molecule has 2 aliphatic rings. The van der Waals surface area contributed by atoms with Crippen molar-refractivity contribution in [2.24, 2.45) is 4.99 Å². The molecule has 1 amide bonds. The van der Waals surface area contributed by atoms with Crippen molar-refractivity contribution in [1.29, 1.82) is 0 Å². The molecule has 1 N–H and O–H groups in total. The molecular weight excluding hydrogens is 433 g/mol. The van der Waals surface area contributed by atoms with E-state index in [1.54, 1.807) is 29.2 Å². The number of fused-ring (bicyclic) bond motifs is 2. The number of anilines is 2. The summed E-state index contributed by atoms with van der Waals surface area (Å²) in [5.74, 6) is -0.669. The number of aromatic nitrogens is 1. The van der Waals surface area contributed by atoms with Crippen molar-refractivity contribution in [2.45, 2.75) is 13.0 Å². The fourth-order valence-electron chi connectivity index (χ4n) is 3.53. The minimum atomic E-state index is -4.76. The summed E-state index contributed by atoms with van der Waals surface area (Å²) < 4.78 is 42.7. The number of thiazole rings is 1. The molecule has 0 saturated heterocycles. The van der Waals surface area contributed by atoms with E-state index >= 15 is 0 Å². The van der Waals surface area contributed by atoms with E-state index in [2.05, 4.69) is 15.0 Å². The Labute approximate surface area is 176 Å². The fourth-order valence-corrected chi connectivity index (χ4v) is 4.58. The Morgan fingerprint density at radius 1 is 1.06 bits per heavy atom. The van der Waals surface area contributed by atoms with Crippen LogP contribution in [0.4, 0.5) is 24.5 Å². The number of carbonyl (C=O) groups is 1. The van der Waals surface area contributed by atoms with Crippen molar-refractivity contribution in [3.05, 3.63) is 73.8 Å². The molecule has 0 atom stereocenters. The van der Waals surface area contributed by atoms with Gasteiger partial charge in [-0.3, -0.25) is 14.2 Å². The maximum atomic E-state index is 13.1. The zero-order valence-corrected chi connectivity index (χ0v) is 16.5. The van der Waals surface area contributed by atoms with Crippen LogP contribution in [-0.2, 0) is 11.5 Å². The van der Waals surface area contributed by atoms with Crippen molar-refractivity contribution in [2.75, 3.05) is 16.9 Å². The van der Waals surface area contributed by atoms with Gasteiger partial charge in [0.2, 0.25) is 0 Å². The zero-order chi connectivity index (χ0) is 21.8. The third-order valence-electron chi connectivity index (χ3n) is 4.89. The van der Waals surface area contributed by atoms with E-state index in [1.165, 1.54) is 28.8 Å². The molecule has 3 heterocycles. The largest absolute Gasteiger partial charge is 0.573 e. The number of hydrogen-bond acceptors (Lipinski definition) is 6. The van der Waals surface area contributed by atoms with Crippen molar-refractivity contribution >= 4 is 34.2 Å². The topological polar surface area (TPSA) is 75.9 Å². The van der Waals surface area contributed by atoms with E-state index in [0.29, 0.717) is 31.8 Å². The maximum Gasteiger partial charge on any atom is 0.573 e. The molecule has 7 nitrogen and oxygen atoms in total. The smallest absolute Gasteiger partial charge is 0.406 e. The lowest BCUT2D eigenvalue weighted by atomic mass is 10.1. The molecule has 5 rings (SSSR count). The normalized spacial score (nSPS) is 17.0. The van der Waals surface area contributed by atoms with Crippen LogP contribution in [0.5, 0.6) is 5.75 Å². The number of para-hydroxylation sites is 1. The van der Waals surface area contributed by atoms with Crippen LogP contribution in [0.3, 0.4) is 0 Å². The van der Waals surface area contributed by atoms with Gasteiger partial charge in [0.15, 0.2) is 4.80 Å². The van der Waals surface area contributed by atoms with Crippen LogP contribution in [0, 0.1) is 0 Å². The lowest BCUT2D eigenvalue weighted by molar-refractivity contribution is -0.274. The van der Waals surface area contributed by atoms with E-state index in [0.717, 1.165) is 11.3 Å². The van der Waals surface area contributed by atoms with Gasteiger partial charge in [0.25, 0.3) is 11.5 Å². The Hall–Kier alpha value is -3.60. The standard InChI is InChI=1S/C20H13F3N4O3S/c21-20(22,23)30-12-7-5-11(6-8-12)26-9-24-19-27(10-26)18(29)16(31-19)15-13-3-1-2-4-14(13)25-17(15)28/h1-8H,9-10H2,(H,25,28). The molecule has 0 spiro atoms. The molecule has 0 aliphatic carbocycles. The summed E-state index contributed by atoms with van der Waals surface area (Å²) in [6, 6.07) is 12.5. The van der Waals surface area contributed by atoms with E-state index in [4.69, 9.17) is 0 Å². The second-order valence-corrected chi connectivity index (χ2v) is 7.82. The number of amides is 1. The second kappa shape index (κ2) is 6.98. The summed E-state index contributed by atoms with van der Waals surface area (Å²) in [6.45, 7) is 0.376. The molecule has 1 aromatic heterocycles. The van der Waals surface area contributed by atoms with Gasteiger partial charge in [0, 0.05) is 16.9 Å². The average Bonchev–Trinajstić information content (AvgIpc) is 3.23. The highest BCUT2D eigenvalue weighted by molar-refractivity contribution is 7.07. The van der Waals surface area contributed by atoms with E-state index in [1.807, 2.05) is 0 Å². The minimum absolute atomic E-state index is 0.157. The third-order valence-corrected chi connectivity index (χ3v) is 6.00. The summed E-state index contributed by atoms with van der Waals surface area (Å²) in [5, 5.41) is 2.76. The monoisotopic (exact) mass is 446 g/mol. The number of rotatable bonds is 2. The van der Waals surface area contributed by atoms with E-state index in [-0.39, 0.29) is 30.6 Å². The minimum Gasteiger partial charge on any atom is -0.406 e. The van der Waals surface area contributed by atoms with Crippen molar-refractivity contribution in [3.63, 3.8) is 0 Å². The Kier molecular flexibility index (Phi) is 4.36. The van der Waals surface area contributed by atoms with Gasteiger partial charge in [-0.1, -0.05) is 29.5 Å². The molecule has 2 aliphatic heterocycles. The summed E-state index contributed by atoms with van der Waals surface area (Å²) >= 11 is 1.15. The van der Waals surface area contributed by atoms with Gasteiger partial charge in [-0.25, -0.2) is 4.99 Å². The first-order valence-electron chi connectivity index (χ1n) is 9.10. The van der Waals surface area contributed by atoms with Gasteiger partial charge in [0.05, 0.1) is 5.57 Å². The van der Waals surface area contributed by atoms with Crippen LogP contribution in [0.25, 0.3) is 5.57 Å². The van der Waals surface area contributed by atoms with Gasteiger partial charge in [-0.15, -0.1) is 13.2 Å². The molecule has 0 fully saturated rings. The van der Waals surface area contributed by atoms with Crippen LogP contribution < -0.4 is 29.8 Å². The summed E-state index contributed by atoms with van der Waals surface area (Å²) in [4.78, 5) is 32.2. The van der Waals surface area contributed by atoms with Crippen LogP contribution >= 0.6 is 11.3 Å². The molecule has 0 bridgehead atoms. The van der Waals surface area contributed by atoms with Crippen LogP contribution in [0.15, 0.2) is 58.3 Å². The molecule has 11 heteroatoms. The highest BCUT2D eigenvalue weighted by atomic mass is 32.1. The lowest BCUT2D eigenvalue weighted by Crippen LogP contribution is -2.43. The van der Waals surface area contributed by atoms with Crippen LogP contribution in [0.1, 0.15) is 5.56 Å².